The molecule has 26 heavy (non-hydrogen) atoms. The highest BCUT2D eigenvalue weighted by Gasteiger charge is 2.34. The molecule has 0 saturated carbocycles. The van der Waals surface area contributed by atoms with Gasteiger partial charge in [-0.1, -0.05) is 17.7 Å². The summed E-state index contributed by atoms with van der Waals surface area (Å²) in [6.45, 7) is 2.16. The van der Waals surface area contributed by atoms with Crippen LogP contribution in [0.4, 0.5) is 13.2 Å². The van der Waals surface area contributed by atoms with Crippen LogP contribution in [0.2, 0.25) is 4.34 Å². The van der Waals surface area contributed by atoms with E-state index >= 15 is 0 Å². The normalized spacial score (nSPS) is 17.5. The van der Waals surface area contributed by atoms with Crippen LogP contribution in [-0.2, 0) is 22.7 Å². The lowest BCUT2D eigenvalue weighted by atomic mass is 10.2. The maximum Gasteiger partial charge on any atom is 0.416 e. The van der Waals surface area contributed by atoms with E-state index in [0.29, 0.717) is 30.0 Å². The SMILES string of the molecule is O=S(=O)(c1cccc(C(F)(F)F)c1)N1CCN(Cc2ccc(Cl)s2)CC1. The molecule has 0 aliphatic carbocycles. The summed E-state index contributed by atoms with van der Waals surface area (Å²) >= 11 is 7.38. The molecule has 1 aromatic heterocycles. The van der Waals surface area contributed by atoms with Crippen molar-refractivity contribution in [1.29, 1.82) is 0 Å². The van der Waals surface area contributed by atoms with Crippen molar-refractivity contribution in [2.24, 2.45) is 0 Å². The first-order valence-corrected chi connectivity index (χ1v) is 10.4. The number of sulfonamides is 1. The number of piperazine rings is 1. The van der Waals surface area contributed by atoms with E-state index in [2.05, 4.69) is 4.90 Å². The lowest BCUT2D eigenvalue weighted by Crippen LogP contribution is -2.48. The molecule has 0 N–H and O–H groups in total. The first-order valence-electron chi connectivity index (χ1n) is 7.80. The Balaban J connectivity index is 1.68. The molecule has 3 rings (SSSR count). The van der Waals surface area contributed by atoms with Gasteiger partial charge in [0.1, 0.15) is 0 Å². The molecule has 1 aliphatic rings. The summed E-state index contributed by atoms with van der Waals surface area (Å²) in [6.07, 6.45) is -4.58. The number of benzene rings is 1. The van der Waals surface area contributed by atoms with E-state index in [9.17, 15) is 21.6 Å². The van der Waals surface area contributed by atoms with E-state index in [0.717, 1.165) is 17.0 Å². The second-order valence-corrected chi connectivity index (χ2v) is 9.65. The summed E-state index contributed by atoms with van der Waals surface area (Å²) in [5, 5.41) is 0. The molecule has 0 unspecified atom stereocenters. The Labute approximate surface area is 158 Å². The van der Waals surface area contributed by atoms with Crippen LogP contribution < -0.4 is 0 Å². The van der Waals surface area contributed by atoms with Crippen molar-refractivity contribution in [2.45, 2.75) is 17.6 Å². The lowest BCUT2D eigenvalue weighted by molar-refractivity contribution is -0.137. The summed E-state index contributed by atoms with van der Waals surface area (Å²) in [4.78, 5) is 2.86. The summed E-state index contributed by atoms with van der Waals surface area (Å²) in [6, 6.07) is 7.62. The minimum Gasteiger partial charge on any atom is -0.296 e. The number of rotatable bonds is 4. The highest BCUT2D eigenvalue weighted by molar-refractivity contribution is 7.89. The maximum absolute atomic E-state index is 12.8. The Morgan fingerprint density at radius 2 is 1.77 bits per heavy atom. The largest absolute Gasteiger partial charge is 0.416 e. The van der Waals surface area contributed by atoms with Crippen LogP contribution in [0.15, 0.2) is 41.3 Å². The zero-order valence-electron chi connectivity index (χ0n) is 13.5. The molecule has 10 heteroatoms. The van der Waals surface area contributed by atoms with E-state index in [1.165, 1.54) is 21.7 Å². The van der Waals surface area contributed by atoms with Gasteiger partial charge < -0.3 is 0 Å². The van der Waals surface area contributed by atoms with Crippen molar-refractivity contribution in [3.05, 3.63) is 51.2 Å². The van der Waals surface area contributed by atoms with Gasteiger partial charge in [-0.25, -0.2) is 8.42 Å². The van der Waals surface area contributed by atoms with Gasteiger partial charge >= 0.3 is 6.18 Å². The van der Waals surface area contributed by atoms with Crippen LogP contribution >= 0.6 is 22.9 Å². The number of thiophene rings is 1. The Morgan fingerprint density at radius 1 is 1.08 bits per heavy atom. The Bertz CT molecular complexity index is 876. The zero-order valence-corrected chi connectivity index (χ0v) is 15.9. The van der Waals surface area contributed by atoms with E-state index in [-0.39, 0.29) is 18.0 Å². The molecule has 0 spiro atoms. The van der Waals surface area contributed by atoms with Gasteiger partial charge in [0.15, 0.2) is 0 Å². The predicted molar refractivity (Wildman–Crippen MR) is 94.8 cm³/mol. The van der Waals surface area contributed by atoms with Crippen molar-refractivity contribution >= 4 is 33.0 Å². The first-order chi connectivity index (χ1) is 12.2. The topological polar surface area (TPSA) is 40.6 Å². The molecule has 0 radical (unpaired) electrons. The van der Waals surface area contributed by atoms with E-state index < -0.39 is 21.8 Å². The van der Waals surface area contributed by atoms with Crippen LogP contribution in [0.3, 0.4) is 0 Å². The van der Waals surface area contributed by atoms with Gasteiger partial charge in [-0.2, -0.15) is 17.5 Å². The van der Waals surface area contributed by atoms with Gasteiger partial charge in [-0.3, -0.25) is 4.90 Å². The fraction of sp³-hybridized carbons (Fsp3) is 0.375. The standard InChI is InChI=1S/C16H16ClF3N2O2S2/c17-15-5-4-13(25-15)11-21-6-8-22(9-7-21)26(23,24)14-3-1-2-12(10-14)16(18,19)20/h1-5,10H,6-9,11H2. The fourth-order valence-electron chi connectivity index (χ4n) is 2.77. The number of hydrogen-bond acceptors (Lipinski definition) is 4. The molecule has 1 aromatic carbocycles. The Kier molecular flexibility index (Phi) is 5.64. The van der Waals surface area contributed by atoms with Gasteiger partial charge in [0, 0.05) is 37.6 Å². The molecule has 0 amide bonds. The molecule has 2 heterocycles. The number of hydrogen-bond donors (Lipinski definition) is 0. The number of alkyl halides is 3. The van der Waals surface area contributed by atoms with Crippen LogP contribution in [0.25, 0.3) is 0 Å². The smallest absolute Gasteiger partial charge is 0.296 e. The van der Waals surface area contributed by atoms with Gasteiger partial charge in [0.2, 0.25) is 10.0 Å². The van der Waals surface area contributed by atoms with Gasteiger partial charge in [0.25, 0.3) is 0 Å². The average molecular weight is 425 g/mol. The Hall–Kier alpha value is -1.13. The molecule has 1 aliphatic heterocycles. The highest BCUT2D eigenvalue weighted by Crippen LogP contribution is 2.31. The van der Waals surface area contributed by atoms with Gasteiger partial charge in [0.05, 0.1) is 14.8 Å². The fourth-order valence-corrected chi connectivity index (χ4v) is 5.37. The molecule has 1 saturated heterocycles. The summed E-state index contributed by atoms with van der Waals surface area (Å²) in [7, 11) is -3.95. The molecular weight excluding hydrogens is 409 g/mol. The molecule has 1 fully saturated rings. The minimum atomic E-state index is -4.58. The van der Waals surface area contributed by atoms with E-state index in [1.807, 2.05) is 12.1 Å². The van der Waals surface area contributed by atoms with Crippen LogP contribution in [-0.4, -0.2) is 43.8 Å². The van der Waals surface area contributed by atoms with Crippen molar-refractivity contribution < 1.29 is 21.6 Å². The molecule has 2 aromatic rings. The molecule has 4 nitrogen and oxygen atoms in total. The molecular formula is C16H16ClF3N2O2S2. The van der Waals surface area contributed by atoms with Gasteiger partial charge in [-0.15, -0.1) is 11.3 Å². The Morgan fingerprint density at radius 3 is 2.35 bits per heavy atom. The maximum atomic E-state index is 12.8. The van der Waals surface area contributed by atoms with E-state index in [4.69, 9.17) is 11.6 Å². The molecule has 0 atom stereocenters. The highest BCUT2D eigenvalue weighted by atomic mass is 35.5. The number of nitrogens with zero attached hydrogens (tertiary/aromatic N) is 2. The molecule has 0 bridgehead atoms. The summed E-state index contributed by atoms with van der Waals surface area (Å²) in [5.74, 6) is 0. The third kappa shape index (κ3) is 4.40. The summed E-state index contributed by atoms with van der Waals surface area (Å²) < 4.78 is 65.8. The summed E-state index contributed by atoms with van der Waals surface area (Å²) in [5.41, 5.74) is -0.966. The van der Waals surface area contributed by atoms with Crippen LogP contribution in [0.5, 0.6) is 0 Å². The molecule has 142 valence electrons. The predicted octanol–water partition coefficient (Wildman–Crippen LogP) is 3.93. The van der Waals surface area contributed by atoms with Crippen molar-refractivity contribution in [1.82, 2.24) is 9.21 Å². The quantitative estimate of drug-likeness (QED) is 0.746. The van der Waals surface area contributed by atoms with Gasteiger partial charge in [-0.05, 0) is 30.3 Å². The average Bonchev–Trinajstić information content (AvgIpc) is 2.99. The zero-order chi connectivity index (χ0) is 18.9. The van der Waals surface area contributed by atoms with Crippen molar-refractivity contribution in [3.8, 4) is 0 Å². The second kappa shape index (κ2) is 7.47. The van der Waals surface area contributed by atoms with Crippen molar-refractivity contribution in [2.75, 3.05) is 26.2 Å². The monoisotopic (exact) mass is 424 g/mol. The van der Waals surface area contributed by atoms with Crippen LogP contribution in [0.1, 0.15) is 10.4 Å². The third-order valence-electron chi connectivity index (χ3n) is 4.14. The van der Waals surface area contributed by atoms with Crippen LogP contribution in [0, 0.1) is 0 Å². The third-order valence-corrected chi connectivity index (χ3v) is 7.25. The van der Waals surface area contributed by atoms with E-state index in [1.54, 1.807) is 0 Å². The first kappa shape index (κ1) is 19.6. The van der Waals surface area contributed by atoms with Crippen molar-refractivity contribution in [3.63, 3.8) is 0 Å². The lowest BCUT2D eigenvalue weighted by Gasteiger charge is -2.33. The minimum absolute atomic E-state index is 0.234. The second-order valence-electron chi connectivity index (χ2n) is 5.91. The number of halogens is 4.